The van der Waals surface area contributed by atoms with Crippen molar-refractivity contribution in [2.45, 2.75) is 0 Å². The Hall–Kier alpha value is 0.603. The quantitative estimate of drug-likeness (QED) is 0.335. The molecule has 0 fully saturated rings. The Morgan fingerprint density at radius 3 is 1.67 bits per heavy atom. The maximum Gasteiger partial charge on any atom is 0.291 e. The van der Waals surface area contributed by atoms with Gasteiger partial charge in [0.1, 0.15) is 0 Å². The molecule has 0 unspecified atom stereocenters. The first-order valence-electron chi connectivity index (χ1n) is 0.565. The van der Waals surface area contributed by atoms with Gasteiger partial charge >= 0.3 is 0 Å². The van der Waals surface area contributed by atoms with E-state index in [1.807, 2.05) is 0 Å². The summed E-state index contributed by atoms with van der Waals surface area (Å²) >= 11 is 0. The summed E-state index contributed by atoms with van der Waals surface area (Å²) in [4.78, 5) is 8.36. The van der Waals surface area contributed by atoms with Gasteiger partial charge in [0.05, 0.1) is 0 Å². The number of rotatable bonds is 0. The average molecular weight is 207 g/mol. The Labute approximate surface area is 63.2 Å². The predicted octanol–water partition coefficient (Wildman–Crippen LogP) is -0.353. The molecule has 0 spiro atoms. The van der Waals surface area contributed by atoms with E-state index in [2.05, 4.69) is 0 Å². The SMILES string of the molecule is O=[N+]([O-])O.[Mo].[Ti]. The Balaban J connectivity index is -0.0000000450. The van der Waals surface area contributed by atoms with Crippen molar-refractivity contribution in [2.24, 2.45) is 0 Å². The fourth-order valence-electron chi connectivity index (χ4n) is 0. The molecule has 0 aliphatic rings. The van der Waals surface area contributed by atoms with E-state index in [1.54, 1.807) is 0 Å². The van der Waals surface area contributed by atoms with E-state index in [-0.39, 0.29) is 42.8 Å². The van der Waals surface area contributed by atoms with Crippen LogP contribution in [0.4, 0.5) is 0 Å². The average Bonchev–Trinajstić information content (AvgIpc) is 0.811. The van der Waals surface area contributed by atoms with Crippen LogP contribution in [-0.2, 0) is 42.8 Å². The molecule has 0 bridgehead atoms. The zero-order chi connectivity index (χ0) is 3.58. The summed E-state index contributed by atoms with van der Waals surface area (Å²) in [6.45, 7) is 0. The number of hydrogen-bond donors (Lipinski definition) is 1. The normalized spacial score (nSPS) is 4.00. The summed E-state index contributed by atoms with van der Waals surface area (Å²) < 4.78 is 0. The summed E-state index contributed by atoms with van der Waals surface area (Å²) in [7, 11) is 0. The van der Waals surface area contributed by atoms with Crippen molar-refractivity contribution in [1.82, 2.24) is 0 Å². The van der Waals surface area contributed by atoms with Crippen LogP contribution in [0.5, 0.6) is 0 Å². The second kappa shape index (κ2) is 9.14. The Kier molecular flexibility index (Phi) is 24.3. The third kappa shape index (κ3) is 165. The molecule has 0 aromatic carbocycles. The maximum atomic E-state index is 8.36. The number of hydrogen-bond acceptors (Lipinski definition) is 2. The molecule has 0 rings (SSSR count). The van der Waals surface area contributed by atoms with Gasteiger partial charge in [0.15, 0.2) is 0 Å². The first-order chi connectivity index (χ1) is 1.73. The molecule has 0 radical (unpaired) electrons. The zero-order valence-corrected chi connectivity index (χ0v) is 6.19. The summed E-state index contributed by atoms with van der Waals surface area (Å²) in [5.41, 5.74) is 0. The van der Waals surface area contributed by atoms with Gasteiger partial charge in [-0.25, -0.2) is 0 Å². The molecular formula is HMoNO3Ti. The summed E-state index contributed by atoms with van der Waals surface area (Å²) in [6.07, 6.45) is 0. The molecule has 1 N–H and O–H groups in total. The standard InChI is InChI=1S/Mo.HNO3.Ti/c;2-1(3)4;/h;(H,2,3,4);. The monoisotopic (exact) mass is 209 g/mol. The van der Waals surface area contributed by atoms with Crippen molar-refractivity contribution in [3.05, 3.63) is 10.1 Å². The first kappa shape index (κ1) is 16.0. The van der Waals surface area contributed by atoms with E-state index in [0.717, 1.165) is 0 Å². The van der Waals surface area contributed by atoms with E-state index in [4.69, 9.17) is 15.3 Å². The summed E-state index contributed by atoms with van der Waals surface area (Å²) in [6, 6.07) is 0. The van der Waals surface area contributed by atoms with Crippen molar-refractivity contribution in [3.8, 4) is 0 Å². The fourth-order valence-corrected chi connectivity index (χ4v) is 0. The van der Waals surface area contributed by atoms with Crippen LogP contribution >= 0.6 is 0 Å². The van der Waals surface area contributed by atoms with Crippen LogP contribution in [0.1, 0.15) is 0 Å². The van der Waals surface area contributed by atoms with Gasteiger partial charge in [0, 0.05) is 42.8 Å². The second-order valence-electron chi connectivity index (χ2n) is 0.238. The van der Waals surface area contributed by atoms with Gasteiger partial charge in [-0.15, -0.1) is 10.1 Å². The number of nitrogens with zero attached hydrogens (tertiary/aromatic N) is 1. The minimum Gasteiger partial charge on any atom is -0.328 e. The smallest absolute Gasteiger partial charge is 0.291 e. The Morgan fingerprint density at radius 1 is 1.67 bits per heavy atom. The molecule has 34 valence electrons. The molecule has 0 heterocycles. The van der Waals surface area contributed by atoms with Gasteiger partial charge in [-0.2, -0.15) is 0 Å². The summed E-state index contributed by atoms with van der Waals surface area (Å²) in [5.74, 6) is 0. The van der Waals surface area contributed by atoms with Crippen molar-refractivity contribution in [2.75, 3.05) is 0 Å². The van der Waals surface area contributed by atoms with Crippen molar-refractivity contribution in [1.29, 1.82) is 0 Å². The van der Waals surface area contributed by atoms with Crippen LogP contribution in [0.3, 0.4) is 0 Å². The van der Waals surface area contributed by atoms with Crippen molar-refractivity contribution < 1.29 is 53.1 Å². The Morgan fingerprint density at radius 2 is 1.67 bits per heavy atom. The predicted molar refractivity (Wildman–Crippen MR) is 8.78 cm³/mol. The third-order valence-corrected chi connectivity index (χ3v) is 0. The zero-order valence-electron chi connectivity index (χ0n) is 2.62. The summed E-state index contributed by atoms with van der Waals surface area (Å²) in [5, 5.41) is 13.6. The minimum absolute atomic E-state index is 0. The van der Waals surface area contributed by atoms with Crippen LogP contribution in [0.25, 0.3) is 0 Å². The molecule has 0 aliphatic heterocycles. The van der Waals surface area contributed by atoms with Gasteiger partial charge in [-0.3, -0.25) is 0 Å². The van der Waals surface area contributed by atoms with Crippen LogP contribution in [-0.4, -0.2) is 10.3 Å². The van der Waals surface area contributed by atoms with Gasteiger partial charge < -0.3 is 5.21 Å². The minimum atomic E-state index is -1.50. The van der Waals surface area contributed by atoms with Crippen LogP contribution < -0.4 is 0 Å². The van der Waals surface area contributed by atoms with Crippen molar-refractivity contribution in [3.63, 3.8) is 0 Å². The molecule has 6 heavy (non-hydrogen) atoms. The van der Waals surface area contributed by atoms with Crippen molar-refractivity contribution >= 4 is 0 Å². The van der Waals surface area contributed by atoms with E-state index >= 15 is 0 Å². The molecule has 0 aliphatic carbocycles. The van der Waals surface area contributed by atoms with Crippen LogP contribution in [0, 0.1) is 10.1 Å². The van der Waals surface area contributed by atoms with Gasteiger partial charge in [-0.1, -0.05) is 0 Å². The van der Waals surface area contributed by atoms with E-state index in [0.29, 0.717) is 0 Å². The fraction of sp³-hybridized carbons (Fsp3) is 0. The van der Waals surface area contributed by atoms with Gasteiger partial charge in [0.2, 0.25) is 0 Å². The van der Waals surface area contributed by atoms with E-state index in [1.165, 1.54) is 0 Å². The molecule has 0 aromatic rings. The van der Waals surface area contributed by atoms with Gasteiger partial charge in [-0.05, 0) is 0 Å². The Bertz CT molecular complexity index is 33.8. The molecule has 6 heteroatoms. The molecule has 0 amide bonds. The molecular weight excluding hydrogens is 206 g/mol. The largest absolute Gasteiger partial charge is 0.328 e. The molecule has 0 aromatic heterocycles. The maximum absolute atomic E-state index is 8.36. The van der Waals surface area contributed by atoms with Crippen LogP contribution in [0.15, 0.2) is 0 Å². The topological polar surface area (TPSA) is 63.4 Å². The van der Waals surface area contributed by atoms with E-state index < -0.39 is 5.09 Å². The molecule has 4 nitrogen and oxygen atoms in total. The van der Waals surface area contributed by atoms with Gasteiger partial charge in [0.25, 0.3) is 5.09 Å². The third-order valence-electron chi connectivity index (χ3n) is 0. The molecule has 0 saturated carbocycles. The molecule has 0 saturated heterocycles. The molecule has 0 atom stereocenters. The first-order valence-corrected chi connectivity index (χ1v) is 0.565. The second-order valence-corrected chi connectivity index (χ2v) is 0.238. The van der Waals surface area contributed by atoms with E-state index in [9.17, 15) is 0 Å². The van der Waals surface area contributed by atoms with Crippen LogP contribution in [0.2, 0.25) is 0 Å².